The van der Waals surface area contributed by atoms with Gasteiger partial charge in [-0.3, -0.25) is 0 Å². The molecule has 0 aliphatic carbocycles. The molecule has 0 aromatic rings. The SMILES string of the molecule is CC(C)C(CO)NC#N. The first-order valence-electron chi connectivity index (χ1n) is 2.97. The van der Waals surface area contributed by atoms with Gasteiger partial charge in [-0.2, -0.15) is 5.26 Å². The van der Waals surface area contributed by atoms with Crippen LogP contribution in [0.25, 0.3) is 0 Å². The minimum absolute atomic E-state index is 0.0191. The van der Waals surface area contributed by atoms with E-state index in [-0.39, 0.29) is 12.6 Å². The molecule has 1 unspecified atom stereocenters. The van der Waals surface area contributed by atoms with E-state index in [4.69, 9.17) is 10.4 Å². The smallest absolute Gasteiger partial charge is 0.176 e. The van der Waals surface area contributed by atoms with Gasteiger partial charge in [-0.05, 0) is 5.92 Å². The van der Waals surface area contributed by atoms with Crippen molar-refractivity contribution in [2.45, 2.75) is 19.9 Å². The van der Waals surface area contributed by atoms with Crippen molar-refractivity contribution in [1.82, 2.24) is 5.32 Å². The molecule has 9 heavy (non-hydrogen) atoms. The molecule has 2 N–H and O–H groups in total. The van der Waals surface area contributed by atoms with Gasteiger partial charge in [-0.1, -0.05) is 13.8 Å². The lowest BCUT2D eigenvalue weighted by Gasteiger charge is -2.14. The van der Waals surface area contributed by atoms with Crippen molar-refractivity contribution in [3.8, 4) is 6.19 Å². The lowest BCUT2D eigenvalue weighted by Crippen LogP contribution is -2.33. The van der Waals surface area contributed by atoms with Crippen LogP contribution in [0, 0.1) is 17.4 Å². The summed E-state index contributed by atoms with van der Waals surface area (Å²) < 4.78 is 0. The summed E-state index contributed by atoms with van der Waals surface area (Å²) in [5.74, 6) is 0.301. The number of hydrogen-bond acceptors (Lipinski definition) is 3. The van der Waals surface area contributed by atoms with E-state index < -0.39 is 0 Å². The van der Waals surface area contributed by atoms with Crippen molar-refractivity contribution in [1.29, 1.82) is 5.26 Å². The summed E-state index contributed by atoms with van der Waals surface area (Å²) in [7, 11) is 0. The second-order valence-electron chi connectivity index (χ2n) is 2.29. The Morgan fingerprint density at radius 1 is 1.67 bits per heavy atom. The summed E-state index contributed by atoms with van der Waals surface area (Å²) in [5.41, 5.74) is 0. The Morgan fingerprint density at radius 2 is 2.22 bits per heavy atom. The number of nitrogens with zero attached hydrogens (tertiary/aromatic N) is 1. The van der Waals surface area contributed by atoms with Crippen molar-refractivity contribution in [2.75, 3.05) is 6.61 Å². The zero-order valence-electron chi connectivity index (χ0n) is 5.76. The van der Waals surface area contributed by atoms with Crippen molar-refractivity contribution >= 4 is 0 Å². The molecule has 0 aliphatic rings. The van der Waals surface area contributed by atoms with Gasteiger partial charge < -0.3 is 10.4 Å². The maximum absolute atomic E-state index is 8.61. The molecule has 0 heterocycles. The highest BCUT2D eigenvalue weighted by Gasteiger charge is 2.09. The Morgan fingerprint density at radius 3 is 2.33 bits per heavy atom. The van der Waals surface area contributed by atoms with Gasteiger partial charge in [0.05, 0.1) is 12.6 Å². The zero-order valence-corrected chi connectivity index (χ0v) is 5.76. The van der Waals surface area contributed by atoms with Crippen LogP contribution in [0.4, 0.5) is 0 Å². The fourth-order valence-electron chi connectivity index (χ4n) is 0.506. The second-order valence-corrected chi connectivity index (χ2v) is 2.29. The first-order valence-corrected chi connectivity index (χ1v) is 2.97. The maximum Gasteiger partial charge on any atom is 0.176 e. The summed E-state index contributed by atoms with van der Waals surface area (Å²) in [6.45, 7) is 3.92. The largest absolute Gasteiger partial charge is 0.394 e. The highest BCUT2D eigenvalue weighted by Crippen LogP contribution is 1.98. The molecule has 0 spiro atoms. The third-order valence-electron chi connectivity index (χ3n) is 1.25. The Kier molecular flexibility index (Phi) is 3.81. The number of nitriles is 1. The Bertz CT molecular complexity index is 106. The van der Waals surface area contributed by atoms with E-state index in [0.717, 1.165) is 0 Å². The van der Waals surface area contributed by atoms with E-state index in [0.29, 0.717) is 5.92 Å². The molecule has 0 amide bonds. The fourth-order valence-corrected chi connectivity index (χ4v) is 0.506. The molecule has 3 heteroatoms. The maximum atomic E-state index is 8.61. The molecule has 0 saturated carbocycles. The molecule has 0 aliphatic heterocycles. The van der Waals surface area contributed by atoms with Gasteiger partial charge >= 0.3 is 0 Å². The van der Waals surface area contributed by atoms with Gasteiger partial charge in [0, 0.05) is 0 Å². The number of aliphatic hydroxyl groups is 1. The molecule has 0 bridgehead atoms. The van der Waals surface area contributed by atoms with Crippen molar-refractivity contribution in [2.24, 2.45) is 5.92 Å². The number of aliphatic hydroxyl groups excluding tert-OH is 1. The summed E-state index contributed by atoms with van der Waals surface area (Å²) in [6.07, 6.45) is 1.79. The van der Waals surface area contributed by atoms with Crippen LogP contribution in [0.2, 0.25) is 0 Å². The number of rotatable bonds is 3. The van der Waals surface area contributed by atoms with E-state index in [2.05, 4.69) is 5.32 Å². The Labute approximate surface area is 55.3 Å². The van der Waals surface area contributed by atoms with Gasteiger partial charge in [-0.15, -0.1) is 0 Å². The highest BCUT2D eigenvalue weighted by molar-refractivity contribution is 4.77. The Balaban J connectivity index is 3.57. The number of nitrogens with one attached hydrogen (secondary N) is 1. The fraction of sp³-hybridized carbons (Fsp3) is 0.833. The quantitative estimate of drug-likeness (QED) is 0.418. The molecule has 52 valence electrons. The first kappa shape index (κ1) is 8.25. The molecule has 0 aromatic carbocycles. The van der Waals surface area contributed by atoms with Crippen LogP contribution < -0.4 is 5.32 Å². The van der Waals surface area contributed by atoms with Crippen LogP contribution >= 0.6 is 0 Å². The minimum Gasteiger partial charge on any atom is -0.394 e. The van der Waals surface area contributed by atoms with Crippen LogP contribution in [0.5, 0.6) is 0 Å². The van der Waals surface area contributed by atoms with Crippen molar-refractivity contribution in [3.63, 3.8) is 0 Å². The van der Waals surface area contributed by atoms with E-state index in [1.54, 1.807) is 6.19 Å². The lowest BCUT2D eigenvalue weighted by atomic mass is 10.1. The van der Waals surface area contributed by atoms with Gasteiger partial charge in [-0.25, -0.2) is 0 Å². The van der Waals surface area contributed by atoms with Crippen LogP contribution in [0.3, 0.4) is 0 Å². The molecule has 0 rings (SSSR count). The van der Waals surface area contributed by atoms with E-state index in [1.807, 2.05) is 13.8 Å². The second kappa shape index (κ2) is 4.16. The molecule has 3 nitrogen and oxygen atoms in total. The molecule has 0 radical (unpaired) electrons. The highest BCUT2D eigenvalue weighted by atomic mass is 16.3. The third kappa shape index (κ3) is 2.94. The minimum atomic E-state index is -0.0880. The third-order valence-corrected chi connectivity index (χ3v) is 1.25. The van der Waals surface area contributed by atoms with Crippen LogP contribution in [0.1, 0.15) is 13.8 Å². The molecule has 0 saturated heterocycles. The van der Waals surface area contributed by atoms with Gasteiger partial charge in [0.25, 0.3) is 0 Å². The van der Waals surface area contributed by atoms with Gasteiger partial charge in [0.15, 0.2) is 6.19 Å². The van der Waals surface area contributed by atoms with E-state index in [1.165, 1.54) is 0 Å². The van der Waals surface area contributed by atoms with Crippen molar-refractivity contribution in [3.05, 3.63) is 0 Å². The van der Waals surface area contributed by atoms with E-state index in [9.17, 15) is 0 Å². The standard InChI is InChI=1S/C6H12N2O/c1-5(2)6(3-9)8-4-7/h5-6,8-9H,3H2,1-2H3. The summed E-state index contributed by atoms with van der Waals surface area (Å²) in [4.78, 5) is 0. The average Bonchev–Trinajstić information content (AvgIpc) is 1.82. The number of hydrogen-bond donors (Lipinski definition) is 2. The van der Waals surface area contributed by atoms with Crippen LogP contribution in [-0.2, 0) is 0 Å². The van der Waals surface area contributed by atoms with E-state index >= 15 is 0 Å². The summed E-state index contributed by atoms with van der Waals surface area (Å²) in [5, 5.41) is 19.2. The lowest BCUT2D eigenvalue weighted by molar-refractivity contribution is 0.224. The molecule has 0 fully saturated rings. The zero-order chi connectivity index (χ0) is 7.28. The Hall–Kier alpha value is -0.750. The van der Waals surface area contributed by atoms with Crippen LogP contribution in [-0.4, -0.2) is 17.8 Å². The van der Waals surface area contributed by atoms with Crippen molar-refractivity contribution < 1.29 is 5.11 Å². The summed E-state index contributed by atoms with van der Waals surface area (Å²) >= 11 is 0. The topological polar surface area (TPSA) is 56.0 Å². The predicted molar refractivity (Wildman–Crippen MR) is 34.5 cm³/mol. The monoisotopic (exact) mass is 128 g/mol. The molecule has 1 atom stereocenters. The normalized spacial score (nSPS) is 12.8. The van der Waals surface area contributed by atoms with Gasteiger partial charge in [0.1, 0.15) is 0 Å². The van der Waals surface area contributed by atoms with Gasteiger partial charge in [0.2, 0.25) is 0 Å². The molecular weight excluding hydrogens is 116 g/mol. The molecular formula is C6H12N2O. The van der Waals surface area contributed by atoms with Crippen LogP contribution in [0.15, 0.2) is 0 Å². The average molecular weight is 128 g/mol. The predicted octanol–water partition coefficient (Wildman–Crippen LogP) is 0.0740. The molecule has 0 aromatic heterocycles. The first-order chi connectivity index (χ1) is 4.22. The summed E-state index contributed by atoms with van der Waals surface area (Å²) in [6, 6.07) is -0.0880.